The molecule has 1 heterocycles. The number of aromatic nitrogens is 1. The smallest absolute Gasteiger partial charge is 0.128 e. The fourth-order valence-corrected chi connectivity index (χ4v) is 1.71. The van der Waals surface area contributed by atoms with Crippen molar-refractivity contribution in [1.82, 2.24) is 4.98 Å². The van der Waals surface area contributed by atoms with Gasteiger partial charge in [-0.3, -0.25) is 0 Å². The zero-order chi connectivity index (χ0) is 12.1. The molecule has 0 fully saturated rings. The van der Waals surface area contributed by atoms with Crippen molar-refractivity contribution in [3.63, 3.8) is 0 Å². The molecule has 1 atom stereocenters. The summed E-state index contributed by atoms with van der Waals surface area (Å²) in [6.45, 7) is 3.04. The molecule has 1 unspecified atom stereocenters. The Morgan fingerprint density at radius 1 is 1.12 bits per heavy atom. The molecule has 0 saturated carbocycles. The molecule has 2 rings (SSSR count). The van der Waals surface area contributed by atoms with E-state index in [0.717, 1.165) is 12.4 Å². The molecule has 2 aromatic rings. The van der Waals surface area contributed by atoms with Crippen LogP contribution in [0, 0.1) is 0 Å². The molecule has 0 radical (unpaired) electrons. The van der Waals surface area contributed by atoms with Crippen LogP contribution in [0.5, 0.6) is 0 Å². The van der Waals surface area contributed by atoms with Crippen molar-refractivity contribution in [3.05, 3.63) is 54.1 Å². The van der Waals surface area contributed by atoms with E-state index in [-0.39, 0.29) is 0 Å². The van der Waals surface area contributed by atoms with Crippen LogP contribution < -0.4 is 11.1 Å². The quantitative estimate of drug-likeness (QED) is 0.844. The molecule has 0 spiro atoms. The van der Waals surface area contributed by atoms with Gasteiger partial charge >= 0.3 is 0 Å². The molecule has 0 aliphatic heterocycles. The molecule has 88 valence electrons. The van der Waals surface area contributed by atoms with Crippen molar-refractivity contribution < 1.29 is 0 Å². The van der Waals surface area contributed by atoms with Gasteiger partial charge in [-0.05, 0) is 23.6 Å². The van der Waals surface area contributed by atoms with Gasteiger partial charge in [0.15, 0.2) is 0 Å². The molecule has 3 N–H and O–H groups in total. The Hall–Kier alpha value is -2.03. The van der Waals surface area contributed by atoms with Crippen molar-refractivity contribution in [1.29, 1.82) is 0 Å². The first-order valence-electron chi connectivity index (χ1n) is 5.77. The molecule has 1 aromatic heterocycles. The molecule has 0 aliphatic carbocycles. The average molecular weight is 227 g/mol. The summed E-state index contributed by atoms with van der Waals surface area (Å²) >= 11 is 0. The van der Waals surface area contributed by atoms with E-state index in [0.29, 0.717) is 11.7 Å². The van der Waals surface area contributed by atoms with Gasteiger partial charge in [0.1, 0.15) is 11.6 Å². The van der Waals surface area contributed by atoms with E-state index in [1.54, 1.807) is 6.07 Å². The number of hydrogen-bond acceptors (Lipinski definition) is 3. The van der Waals surface area contributed by atoms with E-state index < -0.39 is 0 Å². The van der Waals surface area contributed by atoms with Crippen molar-refractivity contribution in [3.8, 4) is 0 Å². The largest absolute Gasteiger partial charge is 0.384 e. The monoisotopic (exact) mass is 227 g/mol. The Bertz CT molecular complexity index is 468. The summed E-state index contributed by atoms with van der Waals surface area (Å²) in [5, 5.41) is 3.29. The fourth-order valence-electron chi connectivity index (χ4n) is 1.71. The minimum Gasteiger partial charge on any atom is -0.384 e. The maximum Gasteiger partial charge on any atom is 0.128 e. The van der Waals surface area contributed by atoms with E-state index in [4.69, 9.17) is 5.73 Å². The van der Waals surface area contributed by atoms with E-state index in [9.17, 15) is 0 Å². The molecule has 0 aliphatic rings. The highest BCUT2D eigenvalue weighted by Crippen LogP contribution is 2.15. The Balaban J connectivity index is 1.95. The standard InChI is InChI=1S/C14H17N3/c1-11(12-6-3-2-4-7-12)10-16-14-9-5-8-13(15)17-14/h2-9,11H,10H2,1H3,(H3,15,16,17). The summed E-state index contributed by atoms with van der Waals surface area (Å²) in [5.41, 5.74) is 6.95. The van der Waals surface area contributed by atoms with Crippen LogP contribution in [0.2, 0.25) is 0 Å². The molecule has 0 saturated heterocycles. The number of nitrogens with zero attached hydrogens (tertiary/aromatic N) is 1. The lowest BCUT2D eigenvalue weighted by Crippen LogP contribution is -2.11. The summed E-state index contributed by atoms with van der Waals surface area (Å²) in [6.07, 6.45) is 0. The fraction of sp³-hybridized carbons (Fsp3) is 0.214. The van der Waals surface area contributed by atoms with Crippen molar-refractivity contribution in [2.24, 2.45) is 0 Å². The second-order valence-corrected chi connectivity index (χ2v) is 4.14. The maximum absolute atomic E-state index is 5.62. The van der Waals surface area contributed by atoms with Crippen LogP contribution >= 0.6 is 0 Å². The summed E-state index contributed by atoms with van der Waals surface area (Å²) in [6, 6.07) is 16.0. The van der Waals surface area contributed by atoms with Crippen molar-refractivity contribution in [2.75, 3.05) is 17.6 Å². The third-order valence-corrected chi connectivity index (χ3v) is 2.73. The molecule has 17 heavy (non-hydrogen) atoms. The van der Waals surface area contributed by atoms with Gasteiger partial charge in [0.2, 0.25) is 0 Å². The topological polar surface area (TPSA) is 50.9 Å². The van der Waals surface area contributed by atoms with Gasteiger partial charge in [-0.25, -0.2) is 4.98 Å². The first-order chi connectivity index (χ1) is 8.25. The number of nitrogen functional groups attached to an aromatic ring is 1. The van der Waals surface area contributed by atoms with E-state index in [2.05, 4.69) is 41.5 Å². The highest BCUT2D eigenvalue weighted by atomic mass is 15.0. The third kappa shape index (κ3) is 3.21. The van der Waals surface area contributed by atoms with Crippen molar-refractivity contribution >= 4 is 11.6 Å². The predicted octanol–water partition coefficient (Wildman–Crippen LogP) is 2.88. The van der Waals surface area contributed by atoms with Gasteiger partial charge in [-0.1, -0.05) is 43.3 Å². The van der Waals surface area contributed by atoms with Gasteiger partial charge in [-0.2, -0.15) is 0 Å². The molecule has 0 bridgehead atoms. The van der Waals surface area contributed by atoms with Crippen molar-refractivity contribution in [2.45, 2.75) is 12.8 Å². The molecular formula is C14H17N3. The van der Waals surface area contributed by atoms with Gasteiger partial charge in [0.25, 0.3) is 0 Å². The van der Waals surface area contributed by atoms with Gasteiger partial charge < -0.3 is 11.1 Å². The Morgan fingerprint density at radius 2 is 1.88 bits per heavy atom. The van der Waals surface area contributed by atoms with Crippen LogP contribution in [-0.4, -0.2) is 11.5 Å². The van der Waals surface area contributed by atoms with Crippen LogP contribution in [0.3, 0.4) is 0 Å². The lowest BCUT2D eigenvalue weighted by Gasteiger charge is -2.13. The zero-order valence-electron chi connectivity index (χ0n) is 9.93. The lowest BCUT2D eigenvalue weighted by molar-refractivity contribution is 0.802. The average Bonchev–Trinajstić information content (AvgIpc) is 2.37. The highest BCUT2D eigenvalue weighted by Gasteiger charge is 2.04. The van der Waals surface area contributed by atoms with Gasteiger partial charge in [0, 0.05) is 6.54 Å². The Kier molecular flexibility index (Phi) is 3.60. The Labute approximate surface area is 102 Å². The third-order valence-electron chi connectivity index (χ3n) is 2.73. The summed E-state index contributed by atoms with van der Waals surface area (Å²) in [5.74, 6) is 1.81. The molecule has 1 aromatic carbocycles. The second kappa shape index (κ2) is 5.34. The van der Waals surface area contributed by atoms with Gasteiger partial charge in [0.05, 0.1) is 0 Å². The molecular weight excluding hydrogens is 210 g/mol. The van der Waals surface area contributed by atoms with Crippen LogP contribution in [0.15, 0.2) is 48.5 Å². The minimum absolute atomic E-state index is 0.444. The molecule has 0 amide bonds. The second-order valence-electron chi connectivity index (χ2n) is 4.14. The number of nitrogens with two attached hydrogens (primary N) is 1. The zero-order valence-corrected chi connectivity index (χ0v) is 9.93. The molecule has 3 nitrogen and oxygen atoms in total. The number of benzene rings is 1. The van der Waals surface area contributed by atoms with Crippen LogP contribution in [0.4, 0.5) is 11.6 Å². The number of anilines is 2. The van der Waals surface area contributed by atoms with E-state index in [1.807, 2.05) is 18.2 Å². The normalized spacial score (nSPS) is 12.1. The molecule has 3 heteroatoms. The number of hydrogen-bond donors (Lipinski definition) is 2. The first kappa shape index (κ1) is 11.5. The summed E-state index contributed by atoms with van der Waals surface area (Å²) in [7, 11) is 0. The predicted molar refractivity (Wildman–Crippen MR) is 72.0 cm³/mol. The first-order valence-corrected chi connectivity index (χ1v) is 5.77. The van der Waals surface area contributed by atoms with Crippen LogP contribution in [0.25, 0.3) is 0 Å². The highest BCUT2D eigenvalue weighted by molar-refractivity contribution is 5.42. The van der Waals surface area contributed by atoms with E-state index >= 15 is 0 Å². The lowest BCUT2D eigenvalue weighted by atomic mass is 10.0. The maximum atomic E-state index is 5.62. The summed E-state index contributed by atoms with van der Waals surface area (Å²) in [4.78, 5) is 4.21. The van der Waals surface area contributed by atoms with Crippen LogP contribution in [0.1, 0.15) is 18.4 Å². The summed E-state index contributed by atoms with van der Waals surface area (Å²) < 4.78 is 0. The minimum atomic E-state index is 0.444. The van der Waals surface area contributed by atoms with Crippen LogP contribution in [-0.2, 0) is 0 Å². The number of pyridine rings is 1. The number of rotatable bonds is 4. The SMILES string of the molecule is CC(CNc1cccc(N)n1)c1ccccc1. The van der Waals surface area contributed by atoms with Gasteiger partial charge in [-0.15, -0.1) is 0 Å². The van der Waals surface area contributed by atoms with E-state index in [1.165, 1.54) is 5.56 Å². The number of nitrogens with one attached hydrogen (secondary N) is 1. The Morgan fingerprint density at radius 3 is 2.59 bits per heavy atom.